The van der Waals surface area contributed by atoms with Crippen molar-refractivity contribution >= 4 is 27.6 Å². The average molecular weight is 408 g/mol. The van der Waals surface area contributed by atoms with Crippen LogP contribution >= 0.6 is 0 Å². The predicted molar refractivity (Wildman–Crippen MR) is 103 cm³/mol. The molecule has 0 spiro atoms. The summed E-state index contributed by atoms with van der Waals surface area (Å²) in [6, 6.07) is 11.8. The lowest BCUT2D eigenvalue weighted by atomic mass is 10.1. The molecule has 0 aromatic heterocycles. The fourth-order valence-corrected chi connectivity index (χ4v) is 2.75. The number of rotatable bonds is 8. The number of carbonyl (C=O) groups excluding carboxylic acids is 2. The first-order valence-electron chi connectivity index (χ1n) is 8.45. The molecule has 0 aliphatic rings. The van der Waals surface area contributed by atoms with Crippen LogP contribution in [0.4, 0.5) is 10.1 Å². The summed E-state index contributed by atoms with van der Waals surface area (Å²) < 4.78 is 42.7. The Morgan fingerprint density at radius 2 is 1.82 bits per heavy atom. The number of benzene rings is 2. The van der Waals surface area contributed by atoms with E-state index in [1.807, 2.05) is 0 Å². The van der Waals surface area contributed by atoms with Crippen molar-refractivity contribution in [2.24, 2.45) is 0 Å². The second-order valence-corrected chi connectivity index (χ2v) is 7.99. The summed E-state index contributed by atoms with van der Waals surface area (Å²) in [5.74, 6) is -1.75. The molecular weight excluding hydrogens is 387 g/mol. The van der Waals surface area contributed by atoms with Crippen LogP contribution < -0.4 is 10.0 Å². The number of hydrogen-bond donors (Lipinski definition) is 2. The molecule has 2 rings (SSSR count). The van der Waals surface area contributed by atoms with Gasteiger partial charge in [-0.15, -0.1) is 0 Å². The minimum Gasteiger partial charge on any atom is -0.449 e. The summed E-state index contributed by atoms with van der Waals surface area (Å²) in [6.45, 7) is 1.66. The number of ether oxygens (including phenoxy) is 1. The molecule has 2 aromatic rings. The van der Waals surface area contributed by atoms with Crippen molar-refractivity contribution < 1.29 is 27.1 Å². The van der Waals surface area contributed by atoms with Crippen molar-refractivity contribution in [3.8, 4) is 0 Å². The van der Waals surface area contributed by atoms with Gasteiger partial charge in [0.2, 0.25) is 10.0 Å². The van der Waals surface area contributed by atoms with Crippen LogP contribution in [0.25, 0.3) is 0 Å². The van der Waals surface area contributed by atoms with E-state index in [1.54, 1.807) is 12.1 Å². The van der Waals surface area contributed by atoms with Gasteiger partial charge in [-0.3, -0.25) is 4.79 Å². The van der Waals surface area contributed by atoms with Gasteiger partial charge in [-0.25, -0.2) is 22.3 Å². The summed E-state index contributed by atoms with van der Waals surface area (Å²) in [5.41, 5.74) is 1.36. The lowest BCUT2D eigenvalue weighted by Crippen LogP contribution is -2.30. The Kier molecular flexibility index (Phi) is 7.24. The van der Waals surface area contributed by atoms with Crippen molar-refractivity contribution in [3.63, 3.8) is 0 Å². The molecule has 2 N–H and O–H groups in total. The Morgan fingerprint density at radius 1 is 1.14 bits per heavy atom. The Morgan fingerprint density at radius 3 is 2.43 bits per heavy atom. The van der Waals surface area contributed by atoms with Gasteiger partial charge >= 0.3 is 5.97 Å². The Bertz CT molecular complexity index is 945. The molecule has 7 nitrogen and oxygen atoms in total. The molecule has 0 unspecified atom stereocenters. The molecule has 28 heavy (non-hydrogen) atoms. The summed E-state index contributed by atoms with van der Waals surface area (Å²) >= 11 is 0. The number of halogens is 1. The maximum Gasteiger partial charge on any atom is 0.338 e. The maximum absolute atomic E-state index is 13.1. The zero-order valence-electron chi connectivity index (χ0n) is 15.4. The van der Waals surface area contributed by atoms with E-state index in [1.165, 1.54) is 37.3 Å². The predicted octanol–water partition coefficient (Wildman–Crippen LogP) is 2.10. The fourth-order valence-electron chi connectivity index (χ4n) is 2.28. The quantitative estimate of drug-likeness (QED) is 0.652. The van der Waals surface area contributed by atoms with Crippen molar-refractivity contribution in [1.29, 1.82) is 0 Å². The Balaban J connectivity index is 1.88. The van der Waals surface area contributed by atoms with Crippen LogP contribution in [0.1, 0.15) is 22.8 Å². The standard InChI is InChI=1S/C19H21FN2O5S/c1-13(18(23)22-17-5-3-4-16(20)12-17)27-19(24)15-8-6-14(7-9-15)10-11-21-28(2,25)26/h3-9,12-13,21H,10-11H2,1-2H3,(H,22,23)/t13-/m0/s1. The van der Waals surface area contributed by atoms with Gasteiger partial charge in [-0.2, -0.15) is 0 Å². The van der Waals surface area contributed by atoms with Gasteiger partial charge in [-0.05, 0) is 49.2 Å². The molecule has 0 fully saturated rings. The largest absolute Gasteiger partial charge is 0.449 e. The van der Waals surface area contributed by atoms with Gasteiger partial charge in [0, 0.05) is 12.2 Å². The fraction of sp³-hybridized carbons (Fsp3) is 0.263. The topological polar surface area (TPSA) is 102 Å². The van der Waals surface area contributed by atoms with Gasteiger partial charge in [0.15, 0.2) is 6.10 Å². The van der Waals surface area contributed by atoms with E-state index < -0.39 is 33.8 Å². The Labute approximate surface area is 163 Å². The number of anilines is 1. The minimum atomic E-state index is -3.25. The highest BCUT2D eigenvalue weighted by Gasteiger charge is 2.19. The van der Waals surface area contributed by atoms with Crippen LogP contribution in [-0.4, -0.2) is 39.2 Å². The third kappa shape index (κ3) is 7.09. The Hall–Kier alpha value is -2.78. The summed E-state index contributed by atoms with van der Waals surface area (Å²) in [7, 11) is -3.25. The van der Waals surface area contributed by atoms with E-state index >= 15 is 0 Å². The molecule has 0 aliphatic carbocycles. The molecule has 0 heterocycles. The SMILES string of the molecule is C[C@H](OC(=O)c1ccc(CCNS(C)(=O)=O)cc1)C(=O)Nc1cccc(F)c1. The van der Waals surface area contributed by atoms with Gasteiger partial charge < -0.3 is 10.1 Å². The highest BCUT2D eigenvalue weighted by molar-refractivity contribution is 7.88. The molecule has 0 radical (unpaired) electrons. The molecule has 0 aliphatic heterocycles. The van der Waals surface area contributed by atoms with Crippen molar-refractivity contribution in [2.75, 3.05) is 18.1 Å². The maximum atomic E-state index is 13.1. The van der Waals surface area contributed by atoms with Crippen molar-refractivity contribution in [1.82, 2.24) is 4.72 Å². The molecular formula is C19H21FN2O5S. The monoisotopic (exact) mass is 408 g/mol. The van der Waals surface area contributed by atoms with E-state index in [0.29, 0.717) is 6.42 Å². The number of nitrogens with one attached hydrogen (secondary N) is 2. The first-order chi connectivity index (χ1) is 13.1. The third-order valence-corrected chi connectivity index (χ3v) is 4.44. The zero-order valence-corrected chi connectivity index (χ0v) is 16.3. The van der Waals surface area contributed by atoms with E-state index in [4.69, 9.17) is 4.74 Å². The number of sulfonamides is 1. The van der Waals surface area contributed by atoms with E-state index in [0.717, 1.165) is 17.9 Å². The lowest BCUT2D eigenvalue weighted by Gasteiger charge is -2.14. The van der Waals surface area contributed by atoms with Crippen LogP contribution in [0.15, 0.2) is 48.5 Å². The number of hydrogen-bond acceptors (Lipinski definition) is 5. The molecule has 9 heteroatoms. The first-order valence-corrected chi connectivity index (χ1v) is 10.3. The number of carbonyl (C=O) groups is 2. The lowest BCUT2D eigenvalue weighted by molar-refractivity contribution is -0.123. The van der Waals surface area contributed by atoms with Crippen molar-refractivity contribution in [3.05, 3.63) is 65.5 Å². The third-order valence-electron chi connectivity index (χ3n) is 3.71. The van der Waals surface area contributed by atoms with Crippen LogP contribution in [-0.2, 0) is 26.0 Å². The van der Waals surface area contributed by atoms with Crippen LogP contribution in [0.3, 0.4) is 0 Å². The second-order valence-electron chi connectivity index (χ2n) is 6.16. The number of amides is 1. The molecule has 150 valence electrons. The summed E-state index contributed by atoms with van der Waals surface area (Å²) in [4.78, 5) is 24.2. The molecule has 0 bridgehead atoms. The van der Waals surface area contributed by atoms with Crippen molar-refractivity contribution in [2.45, 2.75) is 19.4 Å². The first kappa shape index (κ1) is 21.5. The van der Waals surface area contributed by atoms with Crippen LogP contribution in [0, 0.1) is 5.82 Å². The average Bonchev–Trinajstić information content (AvgIpc) is 2.61. The highest BCUT2D eigenvalue weighted by Crippen LogP contribution is 2.12. The minimum absolute atomic E-state index is 0.250. The zero-order chi connectivity index (χ0) is 20.7. The highest BCUT2D eigenvalue weighted by atomic mass is 32.2. The van der Waals surface area contributed by atoms with Gasteiger partial charge in [0.25, 0.3) is 5.91 Å². The molecule has 0 saturated heterocycles. The smallest absolute Gasteiger partial charge is 0.338 e. The van der Waals surface area contributed by atoms with Crippen LogP contribution in [0.2, 0.25) is 0 Å². The van der Waals surface area contributed by atoms with E-state index in [9.17, 15) is 22.4 Å². The second kappa shape index (κ2) is 9.43. The molecule has 1 atom stereocenters. The van der Waals surface area contributed by atoms with E-state index in [2.05, 4.69) is 10.0 Å². The van der Waals surface area contributed by atoms with Gasteiger partial charge in [-0.1, -0.05) is 18.2 Å². The summed E-state index contributed by atoms with van der Waals surface area (Å²) in [6.07, 6.45) is 0.474. The van der Waals surface area contributed by atoms with Gasteiger partial charge in [0.1, 0.15) is 5.82 Å². The molecule has 2 aromatic carbocycles. The number of esters is 1. The normalized spacial score (nSPS) is 12.2. The van der Waals surface area contributed by atoms with Crippen LogP contribution in [0.5, 0.6) is 0 Å². The van der Waals surface area contributed by atoms with Gasteiger partial charge in [0.05, 0.1) is 11.8 Å². The molecule has 1 amide bonds. The summed E-state index contributed by atoms with van der Waals surface area (Å²) in [5, 5.41) is 2.47. The van der Waals surface area contributed by atoms with E-state index in [-0.39, 0.29) is 17.8 Å². The molecule has 0 saturated carbocycles.